The molecule has 1 unspecified atom stereocenters. The molecule has 1 nitrogen and oxygen atoms in total. The molecule has 2 aromatic rings. The predicted molar refractivity (Wildman–Crippen MR) is 86.3 cm³/mol. The average molecular weight is 364 g/mol. The summed E-state index contributed by atoms with van der Waals surface area (Å²) in [6, 6.07) is 14.6. The van der Waals surface area contributed by atoms with Crippen LogP contribution in [0.15, 0.2) is 42.5 Å². The van der Waals surface area contributed by atoms with Gasteiger partial charge in [0, 0.05) is 3.57 Å². The molecule has 98 valence electrons. The average Bonchev–Trinajstić information content (AvgIpc) is 2.47. The Hall–Kier alpha value is -0.870. The predicted octanol–water partition coefficient (Wildman–Crippen LogP) is 4.25. The Balaban J connectivity index is 1.91. The van der Waals surface area contributed by atoms with Crippen molar-refractivity contribution in [2.75, 3.05) is 0 Å². The lowest BCUT2D eigenvalue weighted by atomic mass is 9.88. The zero-order valence-corrected chi connectivity index (χ0v) is 12.9. The van der Waals surface area contributed by atoms with Crippen LogP contribution in [0.5, 0.6) is 0 Å². The van der Waals surface area contributed by atoms with E-state index in [2.05, 4.69) is 40.8 Å². The van der Waals surface area contributed by atoms with E-state index in [0.29, 0.717) is 0 Å². The molecule has 0 spiro atoms. The third-order valence-electron chi connectivity index (χ3n) is 3.87. The lowest BCUT2D eigenvalue weighted by molar-refractivity contribution is 0.220. The molecule has 0 fully saturated rings. The van der Waals surface area contributed by atoms with Gasteiger partial charge in [-0.1, -0.05) is 30.3 Å². The number of fused-ring (bicyclic) bond motifs is 1. The summed E-state index contributed by atoms with van der Waals surface area (Å²) in [6.07, 6.45) is 4.41. The van der Waals surface area contributed by atoms with Crippen molar-refractivity contribution >= 4 is 22.6 Å². The van der Waals surface area contributed by atoms with Crippen molar-refractivity contribution in [1.82, 2.24) is 0 Å². The molecular formula is C17H17IO. The van der Waals surface area contributed by atoms with Crippen LogP contribution in [-0.2, 0) is 12.8 Å². The summed E-state index contributed by atoms with van der Waals surface area (Å²) in [5.74, 6) is 0. The van der Waals surface area contributed by atoms with Crippen molar-refractivity contribution in [3.05, 3.63) is 68.3 Å². The van der Waals surface area contributed by atoms with Crippen LogP contribution in [0.4, 0.5) is 0 Å². The zero-order valence-electron chi connectivity index (χ0n) is 10.8. The van der Waals surface area contributed by atoms with E-state index in [1.807, 2.05) is 24.3 Å². The van der Waals surface area contributed by atoms with E-state index in [0.717, 1.165) is 17.5 Å². The van der Waals surface area contributed by atoms with Crippen LogP contribution in [0, 0.1) is 3.57 Å². The van der Waals surface area contributed by atoms with Crippen LogP contribution in [0.3, 0.4) is 0 Å². The lowest BCUT2D eigenvalue weighted by Crippen LogP contribution is -2.06. The lowest BCUT2D eigenvalue weighted by Gasteiger charge is -2.19. The van der Waals surface area contributed by atoms with Crippen LogP contribution in [0.1, 0.15) is 41.2 Å². The highest BCUT2D eigenvalue weighted by Gasteiger charge is 2.14. The standard InChI is InChI=1S/C17H17IO/c18-16-9-7-13(8-10-16)17(19)15-6-5-12-3-1-2-4-14(12)11-15/h5-11,17,19H,1-4H2. The molecule has 0 aliphatic heterocycles. The summed E-state index contributed by atoms with van der Waals surface area (Å²) in [6.45, 7) is 0. The summed E-state index contributed by atoms with van der Waals surface area (Å²) < 4.78 is 1.19. The number of aryl methyl sites for hydroxylation is 2. The highest BCUT2D eigenvalue weighted by Crippen LogP contribution is 2.28. The van der Waals surface area contributed by atoms with Crippen LogP contribution in [0.2, 0.25) is 0 Å². The molecule has 0 saturated heterocycles. The second kappa shape index (κ2) is 5.63. The van der Waals surface area contributed by atoms with Crippen LogP contribution in [-0.4, -0.2) is 5.11 Å². The first-order valence-electron chi connectivity index (χ1n) is 6.79. The maximum Gasteiger partial charge on any atom is 0.104 e. The van der Waals surface area contributed by atoms with E-state index < -0.39 is 6.10 Å². The highest BCUT2D eigenvalue weighted by atomic mass is 127. The molecule has 0 aromatic heterocycles. The molecule has 1 N–H and O–H groups in total. The SMILES string of the molecule is OC(c1ccc(I)cc1)c1ccc2c(c1)CCCC2. The minimum atomic E-state index is -0.510. The van der Waals surface area contributed by atoms with Gasteiger partial charge in [-0.2, -0.15) is 0 Å². The van der Waals surface area contributed by atoms with Crippen LogP contribution in [0.25, 0.3) is 0 Å². The number of benzene rings is 2. The van der Waals surface area contributed by atoms with E-state index in [-0.39, 0.29) is 0 Å². The van der Waals surface area contributed by atoms with E-state index in [9.17, 15) is 5.11 Å². The zero-order chi connectivity index (χ0) is 13.2. The van der Waals surface area contributed by atoms with Crippen LogP contribution >= 0.6 is 22.6 Å². The Labute approximate surface area is 127 Å². The summed E-state index contributed by atoms with van der Waals surface area (Å²) in [4.78, 5) is 0. The topological polar surface area (TPSA) is 20.2 Å². The Morgan fingerprint density at radius 1 is 0.842 bits per heavy atom. The molecule has 1 aliphatic rings. The van der Waals surface area contributed by atoms with Gasteiger partial charge >= 0.3 is 0 Å². The summed E-state index contributed by atoms with van der Waals surface area (Å²) in [5.41, 5.74) is 4.87. The van der Waals surface area contributed by atoms with Crippen molar-refractivity contribution in [2.24, 2.45) is 0 Å². The van der Waals surface area contributed by atoms with Crippen molar-refractivity contribution in [3.8, 4) is 0 Å². The van der Waals surface area contributed by atoms with Gasteiger partial charge in [-0.25, -0.2) is 0 Å². The number of hydrogen-bond acceptors (Lipinski definition) is 1. The first-order chi connectivity index (χ1) is 9.24. The maximum atomic E-state index is 10.5. The van der Waals surface area contributed by atoms with E-state index in [1.54, 1.807) is 0 Å². The quantitative estimate of drug-likeness (QED) is 0.790. The molecule has 2 aromatic carbocycles. The van der Waals surface area contributed by atoms with E-state index >= 15 is 0 Å². The Morgan fingerprint density at radius 2 is 1.47 bits per heavy atom. The molecule has 19 heavy (non-hydrogen) atoms. The third kappa shape index (κ3) is 2.84. The summed E-state index contributed by atoms with van der Waals surface area (Å²) in [5, 5.41) is 10.5. The molecular weight excluding hydrogens is 347 g/mol. The fourth-order valence-electron chi connectivity index (χ4n) is 2.76. The Kier molecular flexibility index (Phi) is 3.89. The molecule has 0 radical (unpaired) electrons. The number of aliphatic hydroxyl groups excluding tert-OH is 1. The first-order valence-corrected chi connectivity index (χ1v) is 7.87. The van der Waals surface area contributed by atoms with Gasteiger partial charge in [0.1, 0.15) is 6.10 Å². The van der Waals surface area contributed by atoms with Gasteiger partial charge in [-0.15, -0.1) is 0 Å². The van der Waals surface area contributed by atoms with Gasteiger partial charge in [-0.3, -0.25) is 0 Å². The van der Waals surface area contributed by atoms with Crippen molar-refractivity contribution in [1.29, 1.82) is 0 Å². The maximum absolute atomic E-state index is 10.5. The van der Waals surface area contributed by atoms with Crippen molar-refractivity contribution in [3.63, 3.8) is 0 Å². The van der Waals surface area contributed by atoms with Gasteiger partial charge in [0.05, 0.1) is 0 Å². The van der Waals surface area contributed by atoms with E-state index in [1.165, 1.54) is 34.0 Å². The fourth-order valence-corrected chi connectivity index (χ4v) is 3.12. The molecule has 2 heteroatoms. The summed E-state index contributed by atoms with van der Waals surface area (Å²) in [7, 11) is 0. The number of halogens is 1. The fraction of sp³-hybridized carbons (Fsp3) is 0.294. The molecule has 0 heterocycles. The molecule has 0 amide bonds. The normalized spacial score (nSPS) is 15.9. The highest BCUT2D eigenvalue weighted by molar-refractivity contribution is 14.1. The second-order valence-electron chi connectivity index (χ2n) is 5.19. The Morgan fingerprint density at radius 3 is 2.21 bits per heavy atom. The molecule has 1 aliphatic carbocycles. The van der Waals surface area contributed by atoms with Crippen LogP contribution < -0.4 is 0 Å². The van der Waals surface area contributed by atoms with E-state index in [4.69, 9.17) is 0 Å². The largest absolute Gasteiger partial charge is 0.384 e. The molecule has 3 rings (SSSR count). The van der Waals surface area contributed by atoms with Gasteiger partial charge in [0.15, 0.2) is 0 Å². The monoisotopic (exact) mass is 364 g/mol. The molecule has 0 saturated carbocycles. The van der Waals surface area contributed by atoms with Crippen molar-refractivity contribution in [2.45, 2.75) is 31.8 Å². The van der Waals surface area contributed by atoms with Gasteiger partial charge in [0.2, 0.25) is 0 Å². The minimum absolute atomic E-state index is 0.510. The van der Waals surface area contributed by atoms with Gasteiger partial charge in [-0.05, 0) is 82.7 Å². The van der Waals surface area contributed by atoms with Gasteiger partial charge < -0.3 is 5.11 Å². The smallest absolute Gasteiger partial charge is 0.104 e. The first kappa shape index (κ1) is 13.1. The molecule has 1 atom stereocenters. The number of hydrogen-bond donors (Lipinski definition) is 1. The molecule has 0 bridgehead atoms. The summed E-state index contributed by atoms with van der Waals surface area (Å²) >= 11 is 2.28. The number of rotatable bonds is 2. The Bertz CT molecular complexity index is 574. The minimum Gasteiger partial charge on any atom is -0.384 e. The number of aliphatic hydroxyl groups is 1. The third-order valence-corrected chi connectivity index (χ3v) is 4.59. The van der Waals surface area contributed by atoms with Crippen molar-refractivity contribution < 1.29 is 5.11 Å². The second-order valence-corrected chi connectivity index (χ2v) is 6.43. The van der Waals surface area contributed by atoms with Gasteiger partial charge in [0.25, 0.3) is 0 Å².